The van der Waals surface area contributed by atoms with Crippen LogP contribution >= 0.6 is 0 Å². The van der Waals surface area contributed by atoms with Crippen LogP contribution in [0, 0.1) is 5.41 Å². The number of benzene rings is 1. The molecule has 0 amide bonds. The smallest absolute Gasteiger partial charge is 0.129 e. The van der Waals surface area contributed by atoms with E-state index >= 15 is 0 Å². The van der Waals surface area contributed by atoms with E-state index in [9.17, 15) is 0 Å². The fourth-order valence-corrected chi connectivity index (χ4v) is 1.53. The Morgan fingerprint density at radius 3 is 2.18 bits per heavy atom. The summed E-state index contributed by atoms with van der Waals surface area (Å²) in [7, 11) is 0. The number of hydrogen-bond donors (Lipinski definition) is 1. The van der Waals surface area contributed by atoms with E-state index in [1.807, 2.05) is 31.2 Å². The van der Waals surface area contributed by atoms with Gasteiger partial charge in [-0.25, -0.2) is 0 Å². The first-order valence-corrected chi connectivity index (χ1v) is 5.79. The predicted molar refractivity (Wildman–Crippen MR) is 72.9 cm³/mol. The van der Waals surface area contributed by atoms with Crippen LogP contribution in [0.2, 0.25) is 0 Å². The molecule has 0 bridgehead atoms. The molecule has 2 heteroatoms. The Morgan fingerprint density at radius 2 is 1.76 bits per heavy atom. The second-order valence-electron chi connectivity index (χ2n) is 4.99. The van der Waals surface area contributed by atoms with Gasteiger partial charge >= 0.3 is 0 Å². The molecule has 0 aliphatic heterocycles. The number of allylic oxidation sites excluding steroid dienone is 4. The number of nitrogens with two attached hydrogens (primary N) is 1. The molecule has 92 valence electrons. The van der Waals surface area contributed by atoms with Crippen LogP contribution < -0.4 is 5.90 Å². The van der Waals surface area contributed by atoms with Gasteiger partial charge in [0.2, 0.25) is 0 Å². The Labute approximate surface area is 104 Å². The maximum Gasteiger partial charge on any atom is 0.129 e. The molecule has 0 saturated carbocycles. The summed E-state index contributed by atoms with van der Waals surface area (Å²) < 4.78 is 0. The maximum absolute atomic E-state index is 5.34. The maximum atomic E-state index is 5.34. The Balaban J connectivity index is 3.10. The minimum absolute atomic E-state index is 0.0994. The summed E-state index contributed by atoms with van der Waals surface area (Å²) >= 11 is 0. The minimum Gasteiger partial charge on any atom is -0.415 e. The highest BCUT2D eigenvalue weighted by Gasteiger charge is 2.19. The zero-order valence-corrected chi connectivity index (χ0v) is 11.0. The van der Waals surface area contributed by atoms with Crippen molar-refractivity contribution in [3.05, 3.63) is 53.8 Å². The fourth-order valence-electron chi connectivity index (χ4n) is 1.53. The zero-order chi connectivity index (χ0) is 12.9. The zero-order valence-electron chi connectivity index (χ0n) is 11.0. The molecule has 0 spiro atoms. The second kappa shape index (κ2) is 5.69. The molecule has 0 aromatic heterocycles. The van der Waals surface area contributed by atoms with Gasteiger partial charge in [0.25, 0.3) is 0 Å². The van der Waals surface area contributed by atoms with E-state index in [4.69, 9.17) is 10.7 Å². The van der Waals surface area contributed by atoms with Crippen LogP contribution in [0.4, 0.5) is 0 Å². The summed E-state index contributed by atoms with van der Waals surface area (Å²) in [6.07, 6.45) is 4.05. The third-order valence-corrected chi connectivity index (χ3v) is 2.57. The van der Waals surface area contributed by atoms with E-state index in [1.165, 1.54) is 0 Å². The van der Waals surface area contributed by atoms with Gasteiger partial charge in [-0.3, -0.25) is 0 Å². The first-order valence-electron chi connectivity index (χ1n) is 5.79. The summed E-state index contributed by atoms with van der Waals surface area (Å²) in [4.78, 5) is 4.99. The molecular formula is C15H21NO. The minimum atomic E-state index is -0.0994. The van der Waals surface area contributed by atoms with E-state index in [1.54, 1.807) is 0 Å². The van der Waals surface area contributed by atoms with Crippen molar-refractivity contribution >= 4 is 5.57 Å². The van der Waals surface area contributed by atoms with Crippen LogP contribution in [-0.4, -0.2) is 0 Å². The normalized spacial score (nSPS) is 13.7. The Kier molecular flexibility index (Phi) is 4.53. The largest absolute Gasteiger partial charge is 0.415 e. The highest BCUT2D eigenvalue weighted by molar-refractivity contribution is 5.74. The number of hydrogen-bond acceptors (Lipinski definition) is 2. The standard InChI is InChI=1S/C15H21NO/c1-5-12(13-9-7-6-8-10-13)11-14(17-16)15(2,3)4/h5-11H,16H2,1-4H3/b12-5+,14-11-. The molecule has 1 rings (SSSR count). The fraction of sp³-hybridized carbons (Fsp3) is 0.333. The van der Waals surface area contributed by atoms with E-state index in [-0.39, 0.29) is 5.41 Å². The van der Waals surface area contributed by atoms with Crippen LogP contribution in [0.25, 0.3) is 5.57 Å². The van der Waals surface area contributed by atoms with Gasteiger partial charge in [0.15, 0.2) is 0 Å². The van der Waals surface area contributed by atoms with Crippen molar-refractivity contribution < 1.29 is 4.84 Å². The summed E-state index contributed by atoms with van der Waals surface area (Å²) in [5.41, 5.74) is 2.17. The van der Waals surface area contributed by atoms with Crippen molar-refractivity contribution in [2.24, 2.45) is 11.3 Å². The molecular weight excluding hydrogens is 210 g/mol. The summed E-state index contributed by atoms with van der Waals surface area (Å²) in [5.74, 6) is 6.12. The highest BCUT2D eigenvalue weighted by Crippen LogP contribution is 2.28. The van der Waals surface area contributed by atoms with Gasteiger partial charge in [-0.05, 0) is 24.1 Å². The second-order valence-corrected chi connectivity index (χ2v) is 4.99. The van der Waals surface area contributed by atoms with Crippen molar-refractivity contribution in [3.8, 4) is 0 Å². The first kappa shape index (κ1) is 13.5. The predicted octanol–water partition coefficient (Wildman–Crippen LogP) is 3.91. The van der Waals surface area contributed by atoms with Gasteiger partial charge in [0.1, 0.15) is 5.76 Å². The van der Waals surface area contributed by atoms with Crippen molar-refractivity contribution in [2.45, 2.75) is 27.7 Å². The van der Waals surface area contributed by atoms with Crippen molar-refractivity contribution in [3.63, 3.8) is 0 Å². The van der Waals surface area contributed by atoms with Gasteiger partial charge in [-0.1, -0.05) is 57.2 Å². The molecule has 1 aromatic rings. The van der Waals surface area contributed by atoms with Crippen molar-refractivity contribution in [2.75, 3.05) is 0 Å². The van der Waals surface area contributed by atoms with Crippen molar-refractivity contribution in [1.29, 1.82) is 0 Å². The molecule has 0 atom stereocenters. The molecule has 2 N–H and O–H groups in total. The molecule has 0 radical (unpaired) electrons. The Bertz CT molecular complexity index is 410. The third kappa shape index (κ3) is 3.75. The average molecular weight is 231 g/mol. The molecule has 0 heterocycles. The molecule has 17 heavy (non-hydrogen) atoms. The van der Waals surface area contributed by atoms with Crippen LogP contribution in [0.1, 0.15) is 33.3 Å². The van der Waals surface area contributed by atoms with Crippen LogP contribution in [-0.2, 0) is 4.84 Å². The van der Waals surface area contributed by atoms with Gasteiger partial charge in [0.05, 0.1) is 0 Å². The van der Waals surface area contributed by atoms with Gasteiger partial charge < -0.3 is 4.84 Å². The lowest BCUT2D eigenvalue weighted by molar-refractivity contribution is 0.156. The Hall–Kier alpha value is -1.54. The molecule has 1 aromatic carbocycles. The first-order chi connectivity index (χ1) is 7.99. The lowest BCUT2D eigenvalue weighted by Crippen LogP contribution is -2.15. The molecule has 0 aliphatic rings. The van der Waals surface area contributed by atoms with E-state index in [2.05, 4.69) is 39.0 Å². The van der Waals surface area contributed by atoms with E-state index in [0.717, 1.165) is 16.9 Å². The quantitative estimate of drug-likeness (QED) is 0.486. The summed E-state index contributed by atoms with van der Waals surface area (Å²) in [5, 5.41) is 0. The highest BCUT2D eigenvalue weighted by atomic mass is 16.6. The van der Waals surface area contributed by atoms with Gasteiger partial charge in [-0.2, -0.15) is 5.90 Å². The monoisotopic (exact) mass is 231 g/mol. The van der Waals surface area contributed by atoms with Gasteiger partial charge in [0, 0.05) is 5.41 Å². The lowest BCUT2D eigenvalue weighted by Gasteiger charge is -2.21. The van der Waals surface area contributed by atoms with E-state index < -0.39 is 0 Å². The Morgan fingerprint density at radius 1 is 1.18 bits per heavy atom. The molecule has 0 aliphatic carbocycles. The topological polar surface area (TPSA) is 35.2 Å². The molecule has 0 saturated heterocycles. The van der Waals surface area contributed by atoms with Crippen molar-refractivity contribution in [1.82, 2.24) is 0 Å². The van der Waals surface area contributed by atoms with Crippen LogP contribution in [0.5, 0.6) is 0 Å². The van der Waals surface area contributed by atoms with E-state index in [0.29, 0.717) is 0 Å². The number of rotatable bonds is 3. The summed E-state index contributed by atoms with van der Waals surface area (Å²) in [6.45, 7) is 8.23. The van der Waals surface area contributed by atoms with Crippen LogP contribution in [0.15, 0.2) is 48.2 Å². The lowest BCUT2D eigenvalue weighted by atomic mass is 9.91. The third-order valence-electron chi connectivity index (χ3n) is 2.57. The average Bonchev–Trinajstić information content (AvgIpc) is 2.30. The molecule has 0 unspecified atom stereocenters. The van der Waals surface area contributed by atoms with Gasteiger partial charge in [-0.15, -0.1) is 0 Å². The van der Waals surface area contributed by atoms with Crippen LogP contribution in [0.3, 0.4) is 0 Å². The summed E-state index contributed by atoms with van der Waals surface area (Å²) in [6, 6.07) is 10.2. The molecule has 0 fully saturated rings. The molecule has 2 nitrogen and oxygen atoms in total. The SMILES string of the molecule is C/C=C(\C=C(/ON)C(C)(C)C)c1ccccc1.